The average Bonchev–Trinajstić information content (AvgIpc) is 3.20. The van der Waals surface area contributed by atoms with Crippen molar-refractivity contribution in [2.75, 3.05) is 0 Å². The van der Waals surface area contributed by atoms with Crippen molar-refractivity contribution in [3.8, 4) is 69.0 Å². The first-order valence-corrected chi connectivity index (χ1v) is 18.9. The van der Waals surface area contributed by atoms with E-state index >= 15 is 0 Å². The van der Waals surface area contributed by atoms with Gasteiger partial charge in [0.2, 0.25) is 0 Å². The van der Waals surface area contributed by atoms with Crippen molar-refractivity contribution in [2.24, 2.45) is 0 Å². The van der Waals surface area contributed by atoms with E-state index in [1.54, 1.807) is 12.1 Å². The SMILES string of the molecule is Oc1ccc([C@H]2Oc3c(c(O)cc4c3[C@@H]3c5c(O)cc(O)cc5O[C@](c5ccc(O)cc5)(O4)[C@@H]3O)[C@H](c3c(O)cc(O)c4c3O[C@H](c3ccc(O)cc3)[C@H](O)C4)[C@H]2O)cc1. The van der Waals surface area contributed by atoms with Gasteiger partial charge in [0.25, 0.3) is 0 Å². The molecule has 10 rings (SSSR count). The maximum Gasteiger partial charge on any atom is 0.305 e. The molecule has 4 aliphatic heterocycles. The number of hydrogen-bond acceptors (Lipinski definition) is 15. The summed E-state index contributed by atoms with van der Waals surface area (Å²) in [5.74, 6) is -7.82. The van der Waals surface area contributed by atoms with Crippen molar-refractivity contribution in [3.63, 3.8) is 0 Å². The van der Waals surface area contributed by atoms with Gasteiger partial charge in [0.15, 0.2) is 6.10 Å². The van der Waals surface area contributed by atoms with Crippen LogP contribution in [0.15, 0.2) is 97.1 Å². The van der Waals surface area contributed by atoms with Crippen molar-refractivity contribution >= 4 is 0 Å². The number of aliphatic hydroxyl groups is 3. The third-order valence-electron chi connectivity index (χ3n) is 11.9. The Morgan fingerprint density at radius 2 is 0.983 bits per heavy atom. The predicted octanol–water partition coefficient (Wildman–Crippen LogP) is 5.13. The van der Waals surface area contributed by atoms with Gasteiger partial charge in [0.05, 0.1) is 17.9 Å². The maximum absolute atomic E-state index is 12.5. The van der Waals surface area contributed by atoms with E-state index in [-0.39, 0.29) is 85.8 Å². The van der Waals surface area contributed by atoms with Crippen LogP contribution < -0.4 is 18.9 Å². The summed E-state index contributed by atoms with van der Waals surface area (Å²) in [5, 5.41) is 124. The Balaban J connectivity index is 1.24. The van der Waals surface area contributed by atoms with Gasteiger partial charge in [0, 0.05) is 64.1 Å². The van der Waals surface area contributed by atoms with E-state index in [0.29, 0.717) is 11.1 Å². The number of hydrogen-bond donors (Lipinski definition) is 11. The molecule has 306 valence electrons. The summed E-state index contributed by atoms with van der Waals surface area (Å²) in [6.07, 6.45) is -7.17. The number of phenolic OH excluding ortho intramolecular Hbond substituents is 8. The van der Waals surface area contributed by atoms with E-state index < -0.39 is 71.1 Å². The molecule has 0 saturated heterocycles. The highest BCUT2D eigenvalue weighted by atomic mass is 16.7. The highest BCUT2D eigenvalue weighted by Crippen LogP contribution is 2.65. The first-order chi connectivity index (χ1) is 28.7. The molecule has 0 saturated carbocycles. The maximum atomic E-state index is 12.5. The third kappa shape index (κ3) is 5.40. The summed E-state index contributed by atoms with van der Waals surface area (Å²) in [6, 6.07) is 21.8. The van der Waals surface area contributed by atoms with Crippen LogP contribution >= 0.6 is 0 Å². The van der Waals surface area contributed by atoms with Crippen LogP contribution in [0.25, 0.3) is 0 Å². The summed E-state index contributed by atoms with van der Waals surface area (Å²) >= 11 is 0. The fourth-order valence-corrected chi connectivity index (χ4v) is 9.17. The molecule has 4 aliphatic rings. The number of benzene rings is 6. The highest BCUT2D eigenvalue weighted by Gasteiger charge is 2.61. The molecule has 8 atom stereocenters. The van der Waals surface area contributed by atoms with Gasteiger partial charge in [-0.05, 0) is 59.7 Å². The summed E-state index contributed by atoms with van der Waals surface area (Å²) in [5.41, 5.74) is 0.936. The predicted molar refractivity (Wildman–Crippen MR) is 207 cm³/mol. The number of fused-ring (bicyclic) bond motifs is 9. The molecule has 6 aromatic carbocycles. The second-order valence-corrected chi connectivity index (χ2v) is 15.4. The molecule has 0 amide bonds. The molecule has 0 radical (unpaired) electrons. The Kier molecular flexibility index (Phi) is 8.13. The lowest BCUT2D eigenvalue weighted by atomic mass is 9.71. The lowest BCUT2D eigenvalue weighted by Gasteiger charge is -2.51. The Labute approximate surface area is 339 Å². The minimum absolute atomic E-state index is 0.0125. The van der Waals surface area contributed by atoms with Gasteiger partial charge >= 0.3 is 5.79 Å². The zero-order valence-electron chi connectivity index (χ0n) is 31.0. The van der Waals surface area contributed by atoms with Crippen LogP contribution in [0.2, 0.25) is 0 Å². The summed E-state index contributed by atoms with van der Waals surface area (Å²) in [7, 11) is 0. The van der Waals surface area contributed by atoms with E-state index in [2.05, 4.69) is 0 Å². The Hall–Kier alpha value is -7.20. The second kappa shape index (κ2) is 13.2. The van der Waals surface area contributed by atoms with Crippen LogP contribution in [0.1, 0.15) is 68.6 Å². The lowest BCUT2D eigenvalue weighted by Crippen LogP contribution is -2.57. The Bertz CT molecular complexity index is 2700. The fourth-order valence-electron chi connectivity index (χ4n) is 9.17. The standard InChI is InChI=1S/C45H36O15/c46-21-7-1-18(2-8-21)40-30(54)15-25-26(50)16-28(52)34(42(25)57-40)37-35-29(53)17-32-36(43(35)58-41(39(37)55)19-3-9-22(47)10-4-19)38-33-27(51)13-24(49)14-31(33)59-45(60-32,44(38)56)20-5-11-23(48)12-6-20/h1-14,16-17,30,37-41,44,46-56H,15H2/t30-,37+,38+,39-,40-,41-,44-,45-/m1/s1. The lowest BCUT2D eigenvalue weighted by molar-refractivity contribution is -0.219. The van der Waals surface area contributed by atoms with Gasteiger partial charge in [-0.2, -0.15) is 0 Å². The Morgan fingerprint density at radius 1 is 0.467 bits per heavy atom. The minimum atomic E-state index is -2.09. The van der Waals surface area contributed by atoms with E-state index in [4.69, 9.17) is 18.9 Å². The summed E-state index contributed by atoms with van der Waals surface area (Å²) < 4.78 is 26.0. The minimum Gasteiger partial charge on any atom is -0.508 e. The van der Waals surface area contributed by atoms with Crippen LogP contribution in [-0.2, 0) is 12.2 Å². The number of aromatic hydroxyl groups is 8. The second-order valence-electron chi connectivity index (χ2n) is 15.4. The molecule has 15 heteroatoms. The number of ether oxygens (including phenoxy) is 4. The summed E-state index contributed by atoms with van der Waals surface area (Å²) in [4.78, 5) is 0. The molecule has 6 aromatic rings. The first kappa shape index (κ1) is 37.1. The number of rotatable bonds is 4. The smallest absolute Gasteiger partial charge is 0.305 e. The molecule has 0 spiro atoms. The molecule has 11 N–H and O–H groups in total. The van der Waals surface area contributed by atoms with E-state index in [0.717, 1.165) is 12.1 Å². The normalized spacial score (nSPS) is 25.8. The molecule has 0 aromatic heterocycles. The van der Waals surface area contributed by atoms with Gasteiger partial charge < -0.3 is 75.1 Å². The highest BCUT2D eigenvalue weighted by molar-refractivity contribution is 5.72. The topological polar surface area (TPSA) is 259 Å². The molecule has 0 fully saturated rings. The first-order valence-electron chi connectivity index (χ1n) is 18.9. The van der Waals surface area contributed by atoms with Crippen LogP contribution in [0.4, 0.5) is 0 Å². The fraction of sp³-hybridized carbons (Fsp3) is 0.200. The van der Waals surface area contributed by atoms with E-state index in [9.17, 15) is 56.2 Å². The quantitative estimate of drug-likeness (QED) is 0.110. The zero-order valence-corrected chi connectivity index (χ0v) is 31.0. The van der Waals surface area contributed by atoms with E-state index in [1.807, 2.05) is 0 Å². The van der Waals surface area contributed by atoms with Crippen molar-refractivity contribution < 1.29 is 75.1 Å². The van der Waals surface area contributed by atoms with Gasteiger partial charge in [-0.25, -0.2) is 0 Å². The zero-order chi connectivity index (χ0) is 41.9. The van der Waals surface area contributed by atoms with Crippen molar-refractivity contribution in [1.82, 2.24) is 0 Å². The third-order valence-corrected chi connectivity index (χ3v) is 11.9. The molecule has 4 heterocycles. The van der Waals surface area contributed by atoms with Gasteiger partial charge in [-0.3, -0.25) is 0 Å². The van der Waals surface area contributed by atoms with Gasteiger partial charge in [0.1, 0.15) is 87.3 Å². The van der Waals surface area contributed by atoms with Crippen molar-refractivity contribution in [2.45, 2.75) is 54.6 Å². The van der Waals surface area contributed by atoms with Crippen LogP contribution in [0, 0.1) is 0 Å². The molecular weight excluding hydrogens is 780 g/mol. The number of aliphatic hydroxyl groups excluding tert-OH is 3. The molecule has 15 nitrogen and oxygen atoms in total. The number of phenols is 8. The van der Waals surface area contributed by atoms with Gasteiger partial charge in [-0.1, -0.05) is 24.3 Å². The van der Waals surface area contributed by atoms with E-state index in [1.165, 1.54) is 72.8 Å². The van der Waals surface area contributed by atoms with Gasteiger partial charge in [-0.15, -0.1) is 0 Å². The largest absolute Gasteiger partial charge is 0.508 e. The summed E-state index contributed by atoms with van der Waals surface area (Å²) in [6.45, 7) is 0. The molecule has 60 heavy (non-hydrogen) atoms. The average molecular weight is 817 g/mol. The monoisotopic (exact) mass is 816 g/mol. The van der Waals surface area contributed by atoms with Crippen molar-refractivity contribution in [3.05, 3.63) is 142 Å². The van der Waals surface area contributed by atoms with Crippen LogP contribution in [-0.4, -0.2) is 74.5 Å². The van der Waals surface area contributed by atoms with Crippen LogP contribution in [0.3, 0.4) is 0 Å². The van der Waals surface area contributed by atoms with Crippen LogP contribution in [0.5, 0.6) is 69.0 Å². The molecule has 2 bridgehead atoms. The Morgan fingerprint density at radius 3 is 1.62 bits per heavy atom. The van der Waals surface area contributed by atoms with Crippen molar-refractivity contribution in [1.29, 1.82) is 0 Å². The molecular formula is C45H36O15. The molecule has 0 unspecified atom stereocenters. The molecule has 0 aliphatic carbocycles.